The van der Waals surface area contributed by atoms with Crippen LogP contribution in [0.2, 0.25) is 0 Å². The zero-order valence-electron chi connectivity index (χ0n) is 13.3. The topological polar surface area (TPSA) is 92.3 Å². The SMILES string of the molecule is CCNc1nc(OC)nc(N(CC)CC(=O)NC(C)C)n1. The molecule has 1 amide bonds. The molecule has 118 valence electrons. The average molecular weight is 296 g/mol. The van der Waals surface area contributed by atoms with Crippen molar-refractivity contribution in [2.45, 2.75) is 33.7 Å². The molecular formula is C13H24N6O2. The van der Waals surface area contributed by atoms with Crippen LogP contribution < -0.4 is 20.3 Å². The number of nitrogens with one attached hydrogen (secondary N) is 2. The molecule has 21 heavy (non-hydrogen) atoms. The third kappa shape index (κ3) is 5.41. The molecule has 8 heteroatoms. The number of hydrogen-bond acceptors (Lipinski definition) is 7. The van der Waals surface area contributed by atoms with Crippen LogP contribution in [0.5, 0.6) is 6.01 Å². The number of anilines is 2. The van der Waals surface area contributed by atoms with E-state index in [9.17, 15) is 4.79 Å². The van der Waals surface area contributed by atoms with Gasteiger partial charge in [0.1, 0.15) is 0 Å². The fraction of sp³-hybridized carbons (Fsp3) is 0.692. The molecule has 8 nitrogen and oxygen atoms in total. The zero-order valence-corrected chi connectivity index (χ0v) is 13.3. The lowest BCUT2D eigenvalue weighted by Crippen LogP contribution is -2.40. The Hall–Kier alpha value is -2.12. The summed E-state index contributed by atoms with van der Waals surface area (Å²) in [5.41, 5.74) is 0. The molecule has 0 unspecified atom stereocenters. The van der Waals surface area contributed by atoms with Gasteiger partial charge < -0.3 is 20.3 Å². The standard InChI is InChI=1S/C13H24N6O2/c1-6-14-11-16-12(18-13(17-11)21-5)19(7-2)8-10(20)15-9(3)4/h9H,6-8H2,1-5H3,(H,15,20)(H,14,16,17,18). The number of ether oxygens (including phenoxy) is 1. The first-order valence-corrected chi connectivity index (χ1v) is 7.08. The van der Waals surface area contributed by atoms with Crippen LogP contribution in [0.25, 0.3) is 0 Å². The smallest absolute Gasteiger partial charge is 0.322 e. The zero-order chi connectivity index (χ0) is 15.8. The van der Waals surface area contributed by atoms with Crippen molar-refractivity contribution in [3.05, 3.63) is 0 Å². The van der Waals surface area contributed by atoms with Gasteiger partial charge in [-0.25, -0.2) is 0 Å². The second-order valence-electron chi connectivity index (χ2n) is 4.71. The Morgan fingerprint density at radius 3 is 2.52 bits per heavy atom. The molecule has 0 aliphatic carbocycles. The number of rotatable bonds is 8. The van der Waals surface area contributed by atoms with E-state index in [1.807, 2.05) is 27.7 Å². The van der Waals surface area contributed by atoms with Crippen LogP contribution in [0.1, 0.15) is 27.7 Å². The minimum absolute atomic E-state index is 0.0729. The van der Waals surface area contributed by atoms with Gasteiger partial charge in [0.2, 0.25) is 17.8 Å². The fourth-order valence-corrected chi connectivity index (χ4v) is 1.68. The van der Waals surface area contributed by atoms with E-state index in [1.54, 1.807) is 4.90 Å². The molecule has 0 aromatic carbocycles. The summed E-state index contributed by atoms with van der Waals surface area (Å²) in [7, 11) is 1.50. The quantitative estimate of drug-likeness (QED) is 0.728. The predicted octanol–water partition coefficient (Wildman–Crippen LogP) is 0.663. The number of hydrogen-bond donors (Lipinski definition) is 2. The molecule has 2 N–H and O–H groups in total. The van der Waals surface area contributed by atoms with E-state index in [1.165, 1.54) is 7.11 Å². The van der Waals surface area contributed by atoms with Crippen molar-refractivity contribution in [2.24, 2.45) is 0 Å². The summed E-state index contributed by atoms with van der Waals surface area (Å²) < 4.78 is 5.08. The van der Waals surface area contributed by atoms with Gasteiger partial charge in [0.05, 0.1) is 13.7 Å². The number of nitrogens with zero attached hydrogens (tertiary/aromatic N) is 4. The molecule has 0 fully saturated rings. The summed E-state index contributed by atoms with van der Waals surface area (Å²) in [5.74, 6) is 0.775. The Labute approximate surface area is 125 Å². The number of likely N-dealkylation sites (N-methyl/N-ethyl adjacent to an activating group) is 1. The summed E-state index contributed by atoms with van der Waals surface area (Å²) in [4.78, 5) is 26.3. The van der Waals surface area contributed by atoms with Crippen LogP contribution in [0.15, 0.2) is 0 Å². The van der Waals surface area contributed by atoms with Gasteiger partial charge in [-0.15, -0.1) is 0 Å². The molecule has 0 atom stereocenters. The van der Waals surface area contributed by atoms with Crippen molar-refractivity contribution in [1.82, 2.24) is 20.3 Å². The summed E-state index contributed by atoms with van der Waals surface area (Å²) in [6, 6.07) is 0.320. The van der Waals surface area contributed by atoms with Crippen LogP contribution in [0.3, 0.4) is 0 Å². The number of aromatic nitrogens is 3. The van der Waals surface area contributed by atoms with Crippen molar-refractivity contribution in [3.8, 4) is 6.01 Å². The van der Waals surface area contributed by atoms with Gasteiger partial charge in [-0.05, 0) is 27.7 Å². The van der Waals surface area contributed by atoms with Gasteiger partial charge in [0.15, 0.2) is 0 Å². The molecule has 0 spiro atoms. The molecule has 1 aromatic rings. The van der Waals surface area contributed by atoms with Gasteiger partial charge in [-0.3, -0.25) is 4.79 Å². The van der Waals surface area contributed by atoms with Gasteiger partial charge in [0, 0.05) is 19.1 Å². The summed E-state index contributed by atoms with van der Waals surface area (Å²) in [6.07, 6.45) is 0. The highest BCUT2D eigenvalue weighted by atomic mass is 16.5. The van der Waals surface area contributed by atoms with Gasteiger partial charge in [-0.1, -0.05) is 0 Å². The Bertz CT molecular complexity index is 466. The van der Waals surface area contributed by atoms with Crippen molar-refractivity contribution >= 4 is 17.8 Å². The normalized spacial score (nSPS) is 10.4. The maximum absolute atomic E-state index is 11.9. The number of methoxy groups -OCH3 is 1. The van der Waals surface area contributed by atoms with E-state index in [0.717, 1.165) is 0 Å². The first kappa shape index (κ1) is 16.9. The highest BCUT2D eigenvalue weighted by molar-refractivity contribution is 5.81. The predicted molar refractivity (Wildman–Crippen MR) is 81.7 cm³/mol. The molecule has 0 saturated heterocycles. The molecule has 0 bridgehead atoms. The highest BCUT2D eigenvalue weighted by Crippen LogP contribution is 2.14. The molecule has 0 aliphatic heterocycles. The maximum Gasteiger partial charge on any atom is 0.322 e. The fourth-order valence-electron chi connectivity index (χ4n) is 1.68. The summed E-state index contributed by atoms with van der Waals surface area (Å²) >= 11 is 0. The lowest BCUT2D eigenvalue weighted by Gasteiger charge is -2.21. The Kier molecular flexibility index (Phi) is 6.64. The van der Waals surface area contributed by atoms with E-state index >= 15 is 0 Å². The van der Waals surface area contributed by atoms with Crippen LogP contribution in [0.4, 0.5) is 11.9 Å². The summed E-state index contributed by atoms with van der Waals surface area (Å²) in [5, 5.41) is 5.86. The van der Waals surface area contributed by atoms with Gasteiger partial charge >= 0.3 is 6.01 Å². The van der Waals surface area contributed by atoms with Crippen LogP contribution in [0, 0.1) is 0 Å². The Balaban J connectivity index is 2.93. The Morgan fingerprint density at radius 2 is 2.00 bits per heavy atom. The first-order valence-electron chi connectivity index (χ1n) is 7.08. The average Bonchev–Trinajstić information content (AvgIpc) is 2.43. The van der Waals surface area contributed by atoms with E-state index in [2.05, 4.69) is 25.6 Å². The molecule has 0 aliphatic rings. The van der Waals surface area contributed by atoms with Crippen molar-refractivity contribution in [1.29, 1.82) is 0 Å². The van der Waals surface area contributed by atoms with E-state index in [-0.39, 0.29) is 24.5 Å². The summed E-state index contributed by atoms with van der Waals surface area (Å²) in [6.45, 7) is 9.20. The minimum atomic E-state index is -0.0729. The van der Waals surface area contributed by atoms with Crippen LogP contribution >= 0.6 is 0 Å². The number of carbonyl (C=O) groups is 1. The Morgan fingerprint density at radius 1 is 1.29 bits per heavy atom. The second-order valence-corrected chi connectivity index (χ2v) is 4.71. The monoisotopic (exact) mass is 296 g/mol. The van der Waals surface area contributed by atoms with Crippen molar-refractivity contribution in [3.63, 3.8) is 0 Å². The van der Waals surface area contributed by atoms with E-state index in [0.29, 0.717) is 25.0 Å². The third-order valence-corrected chi connectivity index (χ3v) is 2.57. The minimum Gasteiger partial charge on any atom is -0.467 e. The largest absolute Gasteiger partial charge is 0.467 e. The lowest BCUT2D eigenvalue weighted by atomic mass is 10.4. The van der Waals surface area contributed by atoms with Crippen molar-refractivity contribution < 1.29 is 9.53 Å². The molecule has 0 saturated carbocycles. The first-order chi connectivity index (χ1) is 9.99. The van der Waals surface area contributed by atoms with Crippen LogP contribution in [-0.2, 0) is 4.79 Å². The van der Waals surface area contributed by atoms with Crippen LogP contribution in [-0.4, -0.2) is 53.6 Å². The molecule has 1 heterocycles. The van der Waals surface area contributed by atoms with Gasteiger partial charge in [0.25, 0.3) is 0 Å². The molecular weight excluding hydrogens is 272 g/mol. The van der Waals surface area contributed by atoms with Crippen molar-refractivity contribution in [2.75, 3.05) is 37.0 Å². The lowest BCUT2D eigenvalue weighted by molar-refractivity contribution is -0.120. The number of carbonyl (C=O) groups excluding carboxylic acids is 1. The van der Waals surface area contributed by atoms with E-state index in [4.69, 9.17) is 4.74 Å². The second kappa shape index (κ2) is 8.23. The highest BCUT2D eigenvalue weighted by Gasteiger charge is 2.16. The number of amides is 1. The maximum atomic E-state index is 11.9. The molecule has 1 rings (SSSR count). The van der Waals surface area contributed by atoms with Gasteiger partial charge in [-0.2, -0.15) is 15.0 Å². The third-order valence-electron chi connectivity index (χ3n) is 2.57. The van der Waals surface area contributed by atoms with E-state index < -0.39 is 0 Å². The molecule has 1 aromatic heterocycles. The molecule has 0 radical (unpaired) electrons.